The Bertz CT molecular complexity index is 515. The van der Waals surface area contributed by atoms with E-state index in [4.69, 9.17) is 11.6 Å². The second kappa shape index (κ2) is 7.43. The highest BCUT2D eigenvalue weighted by Gasteiger charge is 2.36. The first-order valence-electron chi connectivity index (χ1n) is 6.74. The molecule has 6 heteroatoms. The first-order chi connectivity index (χ1) is 9.75. The van der Waals surface area contributed by atoms with E-state index >= 15 is 0 Å². The van der Waals surface area contributed by atoms with Crippen molar-refractivity contribution in [3.05, 3.63) is 29.3 Å². The van der Waals surface area contributed by atoms with Gasteiger partial charge in [0.1, 0.15) is 5.41 Å². The quantitative estimate of drug-likeness (QED) is 0.790. The molecule has 0 spiro atoms. The third kappa shape index (κ3) is 5.02. The van der Waals surface area contributed by atoms with Gasteiger partial charge >= 0.3 is 0 Å². The van der Waals surface area contributed by atoms with E-state index in [0.717, 1.165) is 0 Å². The molecule has 0 saturated carbocycles. The maximum absolute atomic E-state index is 12.3. The number of rotatable bonds is 6. The first kappa shape index (κ1) is 17.5. The molecule has 0 saturated heterocycles. The van der Waals surface area contributed by atoms with Crippen molar-refractivity contribution in [3.63, 3.8) is 0 Å². The lowest BCUT2D eigenvalue weighted by atomic mass is 9.91. The van der Waals surface area contributed by atoms with E-state index in [9.17, 15) is 9.59 Å². The first-order valence-corrected chi connectivity index (χ1v) is 7.12. The van der Waals surface area contributed by atoms with Gasteiger partial charge in [-0.15, -0.1) is 0 Å². The van der Waals surface area contributed by atoms with Crippen LogP contribution in [0.3, 0.4) is 0 Å². The zero-order valence-electron chi connectivity index (χ0n) is 12.9. The monoisotopic (exact) mass is 311 g/mol. The predicted molar refractivity (Wildman–Crippen MR) is 85.4 cm³/mol. The number of benzene rings is 1. The topological polar surface area (TPSA) is 61.4 Å². The number of likely N-dealkylation sites (N-methyl/N-ethyl adjacent to an activating group) is 1. The summed E-state index contributed by atoms with van der Waals surface area (Å²) in [7, 11) is 3.84. The second-order valence-corrected chi connectivity index (χ2v) is 6.03. The third-order valence-corrected chi connectivity index (χ3v) is 3.43. The van der Waals surface area contributed by atoms with Gasteiger partial charge in [0.25, 0.3) is 0 Å². The van der Waals surface area contributed by atoms with Crippen molar-refractivity contribution in [2.45, 2.75) is 13.8 Å². The van der Waals surface area contributed by atoms with Crippen molar-refractivity contribution in [1.82, 2.24) is 10.2 Å². The number of amides is 2. The smallest absolute Gasteiger partial charge is 0.239 e. The molecule has 116 valence electrons. The molecule has 0 aliphatic carbocycles. The van der Waals surface area contributed by atoms with Crippen molar-refractivity contribution < 1.29 is 9.59 Å². The number of halogens is 1. The molecule has 0 aromatic heterocycles. The van der Waals surface area contributed by atoms with Crippen molar-refractivity contribution in [1.29, 1.82) is 0 Å². The Kier molecular flexibility index (Phi) is 6.18. The molecular formula is C15H22ClN3O2. The number of carbonyl (C=O) groups is 2. The van der Waals surface area contributed by atoms with Crippen LogP contribution in [0.2, 0.25) is 5.02 Å². The molecule has 0 aliphatic heterocycles. The normalized spacial score (nSPS) is 11.3. The number of nitrogens with zero attached hydrogens (tertiary/aromatic N) is 1. The fourth-order valence-electron chi connectivity index (χ4n) is 1.56. The van der Waals surface area contributed by atoms with Gasteiger partial charge < -0.3 is 15.5 Å². The zero-order chi connectivity index (χ0) is 16.0. The molecule has 0 fully saturated rings. The van der Waals surface area contributed by atoms with E-state index in [2.05, 4.69) is 10.6 Å². The van der Waals surface area contributed by atoms with Gasteiger partial charge in [-0.1, -0.05) is 23.7 Å². The molecule has 0 heterocycles. The fourth-order valence-corrected chi connectivity index (χ4v) is 1.74. The number of hydrogen-bond donors (Lipinski definition) is 2. The molecular weight excluding hydrogens is 290 g/mol. The van der Waals surface area contributed by atoms with Gasteiger partial charge in [0.2, 0.25) is 11.8 Å². The van der Waals surface area contributed by atoms with Crippen molar-refractivity contribution >= 4 is 29.1 Å². The number of carbonyl (C=O) groups excluding carboxylic acids is 2. The van der Waals surface area contributed by atoms with E-state index in [1.165, 1.54) is 0 Å². The van der Waals surface area contributed by atoms with Gasteiger partial charge in [-0.25, -0.2) is 0 Å². The predicted octanol–water partition coefficient (Wildman–Crippen LogP) is 1.98. The average Bonchev–Trinajstić information content (AvgIpc) is 2.40. The summed E-state index contributed by atoms with van der Waals surface area (Å²) in [5.74, 6) is -0.702. The lowest BCUT2D eigenvalue weighted by Gasteiger charge is -2.23. The van der Waals surface area contributed by atoms with Crippen LogP contribution in [0.25, 0.3) is 0 Å². The van der Waals surface area contributed by atoms with Gasteiger partial charge in [-0.2, -0.15) is 0 Å². The van der Waals surface area contributed by atoms with Gasteiger partial charge in [0.15, 0.2) is 0 Å². The van der Waals surface area contributed by atoms with Crippen LogP contribution in [0.1, 0.15) is 13.8 Å². The maximum Gasteiger partial charge on any atom is 0.239 e. The molecule has 0 aliphatic rings. The van der Waals surface area contributed by atoms with Gasteiger partial charge in [-0.3, -0.25) is 9.59 Å². The minimum absolute atomic E-state index is 0.311. The Morgan fingerprint density at radius 2 is 1.81 bits per heavy atom. The summed E-state index contributed by atoms with van der Waals surface area (Å²) >= 11 is 6.00. The van der Waals surface area contributed by atoms with Crippen LogP contribution in [0.4, 0.5) is 5.69 Å². The van der Waals surface area contributed by atoms with Gasteiger partial charge in [0.05, 0.1) is 10.7 Å². The lowest BCUT2D eigenvalue weighted by molar-refractivity contribution is -0.138. The minimum Gasteiger partial charge on any atom is -0.354 e. The minimum atomic E-state index is -1.18. The Labute approximate surface area is 130 Å². The highest BCUT2D eigenvalue weighted by atomic mass is 35.5. The molecule has 21 heavy (non-hydrogen) atoms. The van der Waals surface area contributed by atoms with Crippen LogP contribution in [-0.2, 0) is 9.59 Å². The molecule has 5 nitrogen and oxygen atoms in total. The van der Waals surface area contributed by atoms with Crippen LogP contribution in [0.15, 0.2) is 24.3 Å². The zero-order valence-corrected chi connectivity index (χ0v) is 13.6. The van der Waals surface area contributed by atoms with E-state index < -0.39 is 11.3 Å². The maximum atomic E-state index is 12.3. The standard InChI is InChI=1S/C15H22ClN3O2/c1-15(2,13(20)17-9-10-19(3)4)14(21)18-12-8-6-5-7-11(12)16/h5-8H,9-10H2,1-4H3,(H,17,20)(H,18,21). The largest absolute Gasteiger partial charge is 0.354 e. The van der Waals surface area contributed by atoms with Crippen LogP contribution in [0.5, 0.6) is 0 Å². The fraction of sp³-hybridized carbons (Fsp3) is 0.467. The molecule has 0 atom stereocenters. The van der Waals surface area contributed by atoms with Crippen molar-refractivity contribution in [2.24, 2.45) is 5.41 Å². The van der Waals surface area contributed by atoms with Crippen LogP contribution >= 0.6 is 11.6 Å². The Morgan fingerprint density at radius 1 is 1.19 bits per heavy atom. The van der Waals surface area contributed by atoms with Crippen LogP contribution in [0, 0.1) is 5.41 Å². The molecule has 1 rings (SSSR count). The highest BCUT2D eigenvalue weighted by Crippen LogP contribution is 2.24. The second-order valence-electron chi connectivity index (χ2n) is 5.62. The summed E-state index contributed by atoms with van der Waals surface area (Å²) in [6.07, 6.45) is 0. The van der Waals surface area contributed by atoms with Crippen molar-refractivity contribution in [3.8, 4) is 0 Å². The van der Waals surface area contributed by atoms with E-state index in [1.807, 2.05) is 19.0 Å². The summed E-state index contributed by atoms with van der Waals surface area (Å²) in [6, 6.07) is 6.92. The summed E-state index contributed by atoms with van der Waals surface area (Å²) in [6.45, 7) is 4.39. The van der Waals surface area contributed by atoms with Crippen LogP contribution < -0.4 is 10.6 Å². The molecule has 1 aromatic rings. The number of hydrogen-bond acceptors (Lipinski definition) is 3. The Morgan fingerprint density at radius 3 is 2.38 bits per heavy atom. The Balaban J connectivity index is 2.66. The van der Waals surface area contributed by atoms with Gasteiger partial charge in [-0.05, 0) is 40.1 Å². The van der Waals surface area contributed by atoms with E-state index in [-0.39, 0.29) is 5.91 Å². The van der Waals surface area contributed by atoms with Crippen molar-refractivity contribution in [2.75, 3.05) is 32.5 Å². The van der Waals surface area contributed by atoms with Crippen LogP contribution in [-0.4, -0.2) is 43.9 Å². The molecule has 0 unspecified atom stereocenters. The molecule has 0 radical (unpaired) electrons. The lowest BCUT2D eigenvalue weighted by Crippen LogP contribution is -2.46. The molecule has 2 amide bonds. The third-order valence-electron chi connectivity index (χ3n) is 3.10. The highest BCUT2D eigenvalue weighted by molar-refractivity contribution is 6.33. The van der Waals surface area contributed by atoms with E-state index in [0.29, 0.717) is 23.8 Å². The number of nitrogens with one attached hydrogen (secondary N) is 2. The molecule has 1 aromatic carbocycles. The number of para-hydroxylation sites is 1. The van der Waals surface area contributed by atoms with Gasteiger partial charge in [0, 0.05) is 13.1 Å². The SMILES string of the molecule is CN(C)CCNC(=O)C(C)(C)C(=O)Nc1ccccc1Cl. The average molecular weight is 312 g/mol. The molecule has 0 bridgehead atoms. The molecule has 2 N–H and O–H groups in total. The Hall–Kier alpha value is -1.59. The summed E-state index contributed by atoms with van der Waals surface area (Å²) in [5, 5.41) is 5.89. The summed E-state index contributed by atoms with van der Waals surface area (Å²) in [4.78, 5) is 26.4. The summed E-state index contributed by atoms with van der Waals surface area (Å²) < 4.78 is 0. The number of anilines is 1. The van der Waals surface area contributed by atoms with E-state index in [1.54, 1.807) is 38.1 Å². The summed E-state index contributed by atoms with van der Waals surface area (Å²) in [5.41, 5.74) is -0.677.